The van der Waals surface area contributed by atoms with Gasteiger partial charge in [-0.05, 0) is 60.2 Å². The molecule has 1 fully saturated rings. The molecular weight excluding hydrogens is 524 g/mol. The molecule has 1 atom stereocenters. The molecular formula is C28H33F6N3O2. The Hall–Kier alpha value is -3.24. The second-order valence-electron chi connectivity index (χ2n) is 11.2. The Kier molecular flexibility index (Phi) is 8.92. The van der Waals surface area contributed by atoms with Gasteiger partial charge in [0.05, 0.1) is 11.1 Å². The number of rotatable bonds is 6. The quantitative estimate of drug-likeness (QED) is 0.386. The number of halogens is 6. The van der Waals surface area contributed by atoms with Crippen LogP contribution in [0.3, 0.4) is 0 Å². The molecule has 214 valence electrons. The average Bonchev–Trinajstić information content (AvgIpc) is 2.82. The van der Waals surface area contributed by atoms with Crippen molar-refractivity contribution in [2.75, 3.05) is 36.4 Å². The van der Waals surface area contributed by atoms with Crippen molar-refractivity contribution in [1.82, 2.24) is 4.90 Å². The minimum atomic E-state index is -5.04. The molecule has 11 heteroatoms. The van der Waals surface area contributed by atoms with Crippen LogP contribution in [0, 0.1) is 11.3 Å². The van der Waals surface area contributed by atoms with Gasteiger partial charge in [0.1, 0.15) is 0 Å². The number of amides is 2. The highest BCUT2D eigenvalue weighted by Gasteiger charge is 2.37. The second kappa shape index (κ2) is 11.5. The molecule has 1 N–H and O–H groups in total. The van der Waals surface area contributed by atoms with Crippen LogP contribution in [0.5, 0.6) is 0 Å². The lowest BCUT2D eigenvalue weighted by atomic mass is 9.84. The van der Waals surface area contributed by atoms with Crippen LogP contribution in [0.15, 0.2) is 42.5 Å². The lowest BCUT2D eigenvalue weighted by molar-refractivity contribution is -0.143. The van der Waals surface area contributed by atoms with E-state index in [1.165, 1.54) is 12.1 Å². The number of carbonyl (C=O) groups is 2. The van der Waals surface area contributed by atoms with Gasteiger partial charge in [-0.2, -0.15) is 26.3 Å². The molecule has 0 bridgehead atoms. The van der Waals surface area contributed by atoms with E-state index in [0.29, 0.717) is 44.7 Å². The van der Waals surface area contributed by atoms with Gasteiger partial charge < -0.3 is 15.1 Å². The first-order chi connectivity index (χ1) is 17.9. The molecule has 2 amide bonds. The summed E-state index contributed by atoms with van der Waals surface area (Å²) in [5.41, 5.74) is -2.67. The number of carbonyl (C=O) groups excluding carboxylic acids is 2. The molecule has 5 nitrogen and oxygen atoms in total. The normalized spacial score (nSPS) is 15.7. The number of piperazine rings is 1. The third-order valence-electron chi connectivity index (χ3n) is 6.46. The Labute approximate surface area is 224 Å². The molecule has 0 radical (unpaired) electrons. The Bertz CT molecular complexity index is 1130. The van der Waals surface area contributed by atoms with Crippen molar-refractivity contribution in [3.8, 4) is 0 Å². The van der Waals surface area contributed by atoms with Gasteiger partial charge in [-0.3, -0.25) is 9.59 Å². The van der Waals surface area contributed by atoms with Gasteiger partial charge in [0.25, 0.3) is 5.91 Å². The molecule has 0 aliphatic carbocycles. The second-order valence-corrected chi connectivity index (χ2v) is 11.2. The first-order valence-electron chi connectivity index (χ1n) is 12.7. The fourth-order valence-electron chi connectivity index (χ4n) is 4.80. The van der Waals surface area contributed by atoms with Gasteiger partial charge in [0.15, 0.2) is 0 Å². The van der Waals surface area contributed by atoms with Crippen LogP contribution in [0.25, 0.3) is 0 Å². The Morgan fingerprint density at radius 3 is 1.82 bits per heavy atom. The van der Waals surface area contributed by atoms with Gasteiger partial charge in [-0.25, -0.2) is 0 Å². The highest BCUT2D eigenvalue weighted by Crippen LogP contribution is 2.36. The summed E-state index contributed by atoms with van der Waals surface area (Å²) in [6, 6.07) is 7.21. The molecule has 2 aromatic carbocycles. The van der Waals surface area contributed by atoms with Crippen LogP contribution in [0.2, 0.25) is 0 Å². The molecule has 0 aromatic heterocycles. The van der Waals surface area contributed by atoms with E-state index in [1.807, 2.05) is 4.90 Å². The summed E-state index contributed by atoms with van der Waals surface area (Å²) in [6.07, 6.45) is -8.63. The highest BCUT2D eigenvalue weighted by atomic mass is 19.4. The third-order valence-corrected chi connectivity index (χ3v) is 6.46. The van der Waals surface area contributed by atoms with Gasteiger partial charge in [-0.15, -0.1) is 0 Å². The standard InChI is InChI=1S/C28H33F6N3O2/c1-18(17-26(2,3)4)13-24(38)37-11-9-36(10-12-37)23-7-5-22(6-8-23)35-25(39)19-14-20(27(29,30)31)16-21(15-19)28(32,33)34/h5-8,14-16,18H,9-13,17H2,1-4H3,(H,35,39). The number of anilines is 2. The van der Waals surface area contributed by atoms with E-state index in [4.69, 9.17) is 0 Å². The van der Waals surface area contributed by atoms with E-state index in [0.717, 1.165) is 12.1 Å². The Morgan fingerprint density at radius 1 is 0.846 bits per heavy atom. The zero-order valence-electron chi connectivity index (χ0n) is 22.3. The van der Waals surface area contributed by atoms with Crippen molar-refractivity contribution >= 4 is 23.2 Å². The predicted molar refractivity (Wildman–Crippen MR) is 137 cm³/mol. The third kappa shape index (κ3) is 8.63. The van der Waals surface area contributed by atoms with Crippen LogP contribution in [0.1, 0.15) is 62.0 Å². The van der Waals surface area contributed by atoms with Gasteiger partial charge >= 0.3 is 12.4 Å². The van der Waals surface area contributed by atoms with Gasteiger partial charge in [0, 0.05) is 49.5 Å². The molecule has 2 aromatic rings. The topological polar surface area (TPSA) is 52.7 Å². The van der Waals surface area contributed by atoms with E-state index in [2.05, 4.69) is 37.9 Å². The van der Waals surface area contributed by atoms with Crippen molar-refractivity contribution in [3.05, 3.63) is 59.2 Å². The van der Waals surface area contributed by atoms with Crippen molar-refractivity contribution in [1.29, 1.82) is 0 Å². The summed E-state index contributed by atoms with van der Waals surface area (Å²) in [7, 11) is 0. The van der Waals surface area contributed by atoms with Crippen LogP contribution >= 0.6 is 0 Å². The van der Waals surface area contributed by atoms with E-state index in [1.54, 1.807) is 12.1 Å². The van der Waals surface area contributed by atoms with Crippen molar-refractivity contribution in [2.24, 2.45) is 11.3 Å². The lowest BCUT2D eigenvalue weighted by Crippen LogP contribution is -2.49. The molecule has 1 aliphatic rings. The number of alkyl halides is 6. The molecule has 1 saturated heterocycles. The summed E-state index contributed by atoms with van der Waals surface area (Å²) < 4.78 is 78.6. The first kappa shape index (κ1) is 30.3. The van der Waals surface area contributed by atoms with Crippen molar-refractivity contribution in [3.63, 3.8) is 0 Å². The minimum Gasteiger partial charge on any atom is -0.368 e. The largest absolute Gasteiger partial charge is 0.416 e. The monoisotopic (exact) mass is 557 g/mol. The van der Waals surface area contributed by atoms with E-state index >= 15 is 0 Å². The molecule has 1 unspecified atom stereocenters. The Balaban J connectivity index is 1.61. The number of hydrogen-bond acceptors (Lipinski definition) is 3. The Morgan fingerprint density at radius 2 is 1.36 bits per heavy atom. The van der Waals surface area contributed by atoms with Gasteiger partial charge in [0.2, 0.25) is 5.91 Å². The van der Waals surface area contributed by atoms with E-state index in [9.17, 15) is 35.9 Å². The molecule has 0 saturated carbocycles. The van der Waals surface area contributed by atoms with Crippen molar-refractivity contribution < 1.29 is 35.9 Å². The minimum absolute atomic E-state index is 0.0224. The van der Waals surface area contributed by atoms with Gasteiger partial charge in [-0.1, -0.05) is 27.7 Å². The average molecular weight is 558 g/mol. The molecule has 1 heterocycles. The smallest absolute Gasteiger partial charge is 0.368 e. The predicted octanol–water partition coefficient (Wildman–Crippen LogP) is 7.09. The highest BCUT2D eigenvalue weighted by molar-refractivity contribution is 6.04. The first-order valence-corrected chi connectivity index (χ1v) is 12.7. The summed E-state index contributed by atoms with van der Waals surface area (Å²) in [5.74, 6) is -0.672. The summed E-state index contributed by atoms with van der Waals surface area (Å²) in [4.78, 5) is 29.1. The lowest BCUT2D eigenvalue weighted by Gasteiger charge is -2.37. The van der Waals surface area contributed by atoms with Crippen LogP contribution in [-0.4, -0.2) is 42.9 Å². The fraction of sp³-hybridized carbons (Fsp3) is 0.500. The number of nitrogens with zero attached hydrogens (tertiary/aromatic N) is 2. The maximum atomic E-state index is 13.1. The SMILES string of the molecule is CC(CC(=O)N1CCN(c2ccc(NC(=O)c3cc(C(F)(F)F)cc(C(F)(F)F)c3)cc2)CC1)CC(C)(C)C. The van der Waals surface area contributed by atoms with Crippen LogP contribution in [0.4, 0.5) is 37.7 Å². The zero-order valence-corrected chi connectivity index (χ0v) is 22.3. The summed E-state index contributed by atoms with van der Waals surface area (Å²) in [5, 5.41) is 2.36. The summed E-state index contributed by atoms with van der Waals surface area (Å²) in [6.45, 7) is 10.9. The van der Waals surface area contributed by atoms with E-state index < -0.39 is 35.0 Å². The van der Waals surface area contributed by atoms with Crippen molar-refractivity contribution in [2.45, 2.75) is 52.9 Å². The summed E-state index contributed by atoms with van der Waals surface area (Å²) >= 11 is 0. The molecule has 0 spiro atoms. The number of nitrogens with one attached hydrogen (secondary N) is 1. The maximum absolute atomic E-state index is 13.1. The maximum Gasteiger partial charge on any atom is 0.416 e. The van der Waals surface area contributed by atoms with Crippen LogP contribution < -0.4 is 10.2 Å². The number of hydrogen-bond donors (Lipinski definition) is 1. The zero-order chi connectivity index (χ0) is 29.2. The van der Waals surface area contributed by atoms with E-state index in [-0.39, 0.29) is 29.0 Å². The molecule has 3 rings (SSSR count). The fourth-order valence-corrected chi connectivity index (χ4v) is 4.80. The number of benzene rings is 2. The molecule has 39 heavy (non-hydrogen) atoms. The molecule has 1 aliphatic heterocycles. The van der Waals surface area contributed by atoms with Crippen LogP contribution in [-0.2, 0) is 17.1 Å².